The number of hydrogen-bond donors (Lipinski definition) is 1. The zero-order chi connectivity index (χ0) is 21.7. The second-order valence-electron chi connectivity index (χ2n) is 7.70. The standard InChI is InChI=1S/C23H30N2O4S/c1-4-29-22-13-12-21(15-17(22)2)30(27,28)25-14-8-11-20(16-25)23(26)24-18(3)19-9-6-5-7-10-19/h5-7,9-10,12-13,15,18,20H,4,8,11,14,16H2,1-3H3,(H,24,26)/t18-,20+/m1/s1. The van der Waals surface area contributed by atoms with Gasteiger partial charge >= 0.3 is 0 Å². The Morgan fingerprint density at radius 2 is 1.97 bits per heavy atom. The normalized spacial score (nSPS) is 18.6. The van der Waals surface area contributed by atoms with Gasteiger partial charge in [-0.3, -0.25) is 4.79 Å². The molecule has 0 radical (unpaired) electrons. The van der Waals surface area contributed by atoms with Crippen molar-refractivity contribution in [3.63, 3.8) is 0 Å². The number of rotatable bonds is 7. The third kappa shape index (κ3) is 5.02. The van der Waals surface area contributed by atoms with Gasteiger partial charge in [-0.2, -0.15) is 4.31 Å². The quantitative estimate of drug-likeness (QED) is 0.727. The van der Waals surface area contributed by atoms with Gasteiger partial charge in [-0.05, 0) is 62.9 Å². The molecule has 1 N–H and O–H groups in total. The summed E-state index contributed by atoms with van der Waals surface area (Å²) in [5.74, 6) is 0.222. The van der Waals surface area contributed by atoms with Crippen molar-refractivity contribution in [3.8, 4) is 5.75 Å². The lowest BCUT2D eigenvalue weighted by Gasteiger charge is -2.32. The Hall–Kier alpha value is -2.38. The molecule has 0 bridgehead atoms. The summed E-state index contributed by atoms with van der Waals surface area (Å²) in [5, 5.41) is 3.03. The smallest absolute Gasteiger partial charge is 0.243 e. The van der Waals surface area contributed by atoms with Crippen LogP contribution in [0.3, 0.4) is 0 Å². The molecule has 2 aromatic rings. The van der Waals surface area contributed by atoms with Crippen LogP contribution in [0.2, 0.25) is 0 Å². The van der Waals surface area contributed by atoms with Crippen LogP contribution in [0.4, 0.5) is 0 Å². The third-order valence-corrected chi connectivity index (χ3v) is 7.36. The highest BCUT2D eigenvalue weighted by Crippen LogP contribution is 2.28. The van der Waals surface area contributed by atoms with Crippen LogP contribution in [0, 0.1) is 12.8 Å². The summed E-state index contributed by atoms with van der Waals surface area (Å²) in [6.07, 6.45) is 1.34. The molecule has 162 valence electrons. The molecule has 1 heterocycles. The summed E-state index contributed by atoms with van der Waals surface area (Å²) in [7, 11) is -3.67. The first-order valence-corrected chi connectivity index (χ1v) is 11.9. The minimum absolute atomic E-state index is 0.103. The van der Waals surface area contributed by atoms with Gasteiger partial charge in [0.15, 0.2) is 0 Å². The fourth-order valence-corrected chi connectivity index (χ4v) is 5.39. The lowest BCUT2D eigenvalue weighted by Crippen LogP contribution is -2.45. The van der Waals surface area contributed by atoms with Crippen molar-refractivity contribution in [3.05, 3.63) is 59.7 Å². The van der Waals surface area contributed by atoms with Gasteiger partial charge in [0.25, 0.3) is 0 Å². The number of piperidine rings is 1. The Bertz CT molecular complexity index is 976. The second-order valence-corrected chi connectivity index (χ2v) is 9.64. The largest absolute Gasteiger partial charge is 0.494 e. The van der Waals surface area contributed by atoms with E-state index in [4.69, 9.17) is 4.74 Å². The highest BCUT2D eigenvalue weighted by atomic mass is 32.2. The molecule has 0 aromatic heterocycles. The first-order chi connectivity index (χ1) is 14.3. The monoisotopic (exact) mass is 430 g/mol. The van der Waals surface area contributed by atoms with Crippen LogP contribution < -0.4 is 10.1 Å². The van der Waals surface area contributed by atoms with E-state index in [0.717, 1.165) is 11.1 Å². The van der Waals surface area contributed by atoms with Gasteiger partial charge in [-0.1, -0.05) is 30.3 Å². The molecule has 2 aromatic carbocycles. The number of ether oxygens (including phenoxy) is 1. The van der Waals surface area contributed by atoms with Crippen LogP contribution in [0.5, 0.6) is 5.75 Å². The van der Waals surface area contributed by atoms with E-state index in [9.17, 15) is 13.2 Å². The summed E-state index contributed by atoms with van der Waals surface area (Å²) in [6, 6.07) is 14.5. The Morgan fingerprint density at radius 3 is 2.63 bits per heavy atom. The van der Waals surface area contributed by atoms with Crippen molar-refractivity contribution in [2.75, 3.05) is 19.7 Å². The van der Waals surface area contributed by atoms with Crippen molar-refractivity contribution >= 4 is 15.9 Å². The molecule has 0 spiro atoms. The van der Waals surface area contributed by atoms with E-state index in [1.54, 1.807) is 18.2 Å². The molecule has 0 saturated carbocycles. The highest BCUT2D eigenvalue weighted by molar-refractivity contribution is 7.89. The maximum atomic E-state index is 13.2. The number of benzene rings is 2. The van der Waals surface area contributed by atoms with Gasteiger partial charge in [0.05, 0.1) is 23.5 Å². The fourth-order valence-electron chi connectivity index (χ4n) is 3.78. The summed E-state index contributed by atoms with van der Waals surface area (Å²) < 4.78 is 33.3. The van der Waals surface area contributed by atoms with Gasteiger partial charge in [0, 0.05) is 13.1 Å². The van der Waals surface area contributed by atoms with Gasteiger partial charge in [-0.15, -0.1) is 0 Å². The van der Waals surface area contributed by atoms with Crippen LogP contribution in [0.1, 0.15) is 43.9 Å². The molecule has 1 saturated heterocycles. The van der Waals surface area contributed by atoms with Crippen molar-refractivity contribution in [2.45, 2.75) is 44.6 Å². The fraction of sp³-hybridized carbons (Fsp3) is 0.435. The summed E-state index contributed by atoms with van der Waals surface area (Å²) in [5.41, 5.74) is 1.80. The van der Waals surface area contributed by atoms with Gasteiger partial charge in [-0.25, -0.2) is 8.42 Å². The number of aryl methyl sites for hydroxylation is 1. The molecular formula is C23H30N2O4S. The maximum Gasteiger partial charge on any atom is 0.243 e. The number of carbonyl (C=O) groups excluding carboxylic acids is 1. The number of carbonyl (C=O) groups is 1. The predicted octanol–water partition coefficient (Wildman–Crippen LogP) is 3.67. The van der Waals surface area contributed by atoms with Gasteiger partial charge in [0.2, 0.25) is 15.9 Å². The first-order valence-electron chi connectivity index (χ1n) is 10.4. The molecule has 6 nitrogen and oxygen atoms in total. The van der Waals surface area contributed by atoms with E-state index in [-0.39, 0.29) is 29.3 Å². The Balaban J connectivity index is 1.70. The van der Waals surface area contributed by atoms with Crippen LogP contribution in [-0.4, -0.2) is 38.3 Å². The average Bonchev–Trinajstić information content (AvgIpc) is 2.76. The molecule has 1 fully saturated rings. The van der Waals surface area contributed by atoms with E-state index in [1.165, 1.54) is 4.31 Å². The van der Waals surface area contributed by atoms with E-state index in [0.29, 0.717) is 31.7 Å². The SMILES string of the molecule is CCOc1ccc(S(=O)(=O)N2CCC[C@H](C(=O)N[C@H](C)c3ccccc3)C2)cc1C. The molecule has 1 aliphatic heterocycles. The molecule has 0 unspecified atom stereocenters. The molecular weight excluding hydrogens is 400 g/mol. The topological polar surface area (TPSA) is 75.7 Å². The number of hydrogen-bond acceptors (Lipinski definition) is 4. The van der Waals surface area contributed by atoms with E-state index < -0.39 is 10.0 Å². The summed E-state index contributed by atoms with van der Waals surface area (Å²) in [4.78, 5) is 13.1. The molecule has 1 amide bonds. The minimum Gasteiger partial charge on any atom is -0.494 e. The summed E-state index contributed by atoms with van der Waals surface area (Å²) in [6.45, 7) is 6.81. The summed E-state index contributed by atoms with van der Waals surface area (Å²) >= 11 is 0. The molecule has 2 atom stereocenters. The second kappa shape index (κ2) is 9.62. The Kier molecular flexibility index (Phi) is 7.15. The maximum absolute atomic E-state index is 13.2. The zero-order valence-electron chi connectivity index (χ0n) is 17.8. The van der Waals surface area contributed by atoms with E-state index >= 15 is 0 Å². The number of nitrogens with one attached hydrogen (secondary N) is 1. The lowest BCUT2D eigenvalue weighted by molar-refractivity contribution is -0.126. The molecule has 30 heavy (non-hydrogen) atoms. The van der Waals surface area contributed by atoms with Crippen LogP contribution in [0.15, 0.2) is 53.4 Å². The van der Waals surface area contributed by atoms with Gasteiger partial charge < -0.3 is 10.1 Å². The van der Waals surface area contributed by atoms with Crippen LogP contribution in [-0.2, 0) is 14.8 Å². The number of sulfonamides is 1. The zero-order valence-corrected chi connectivity index (χ0v) is 18.6. The third-order valence-electron chi connectivity index (χ3n) is 5.50. The highest BCUT2D eigenvalue weighted by Gasteiger charge is 2.34. The van der Waals surface area contributed by atoms with Crippen molar-refractivity contribution in [2.24, 2.45) is 5.92 Å². The molecule has 7 heteroatoms. The number of nitrogens with zero attached hydrogens (tertiary/aromatic N) is 1. The molecule has 3 rings (SSSR count). The van der Waals surface area contributed by atoms with Gasteiger partial charge in [0.1, 0.15) is 5.75 Å². The van der Waals surface area contributed by atoms with Crippen molar-refractivity contribution in [1.29, 1.82) is 0 Å². The van der Waals surface area contributed by atoms with Crippen LogP contribution in [0.25, 0.3) is 0 Å². The molecule has 1 aliphatic rings. The lowest BCUT2D eigenvalue weighted by atomic mass is 9.98. The van der Waals surface area contributed by atoms with Crippen molar-refractivity contribution in [1.82, 2.24) is 9.62 Å². The van der Waals surface area contributed by atoms with Crippen molar-refractivity contribution < 1.29 is 17.9 Å². The molecule has 0 aliphatic carbocycles. The average molecular weight is 431 g/mol. The van der Waals surface area contributed by atoms with E-state index in [2.05, 4.69) is 5.32 Å². The number of amides is 1. The van der Waals surface area contributed by atoms with Crippen LogP contribution >= 0.6 is 0 Å². The first kappa shape index (κ1) is 22.3. The minimum atomic E-state index is -3.67. The Morgan fingerprint density at radius 1 is 1.23 bits per heavy atom. The van der Waals surface area contributed by atoms with E-state index in [1.807, 2.05) is 51.1 Å². The Labute approximate surface area is 179 Å². The predicted molar refractivity (Wildman–Crippen MR) is 117 cm³/mol.